The van der Waals surface area contributed by atoms with Gasteiger partial charge in [-0.05, 0) is 55.5 Å². The number of carbonyl (C=O) groups excluding carboxylic acids is 3. The van der Waals surface area contributed by atoms with E-state index in [-0.39, 0.29) is 24.5 Å². The van der Waals surface area contributed by atoms with E-state index in [1.807, 2.05) is 0 Å². The van der Waals surface area contributed by atoms with Gasteiger partial charge in [-0.3, -0.25) is 9.59 Å². The first-order chi connectivity index (χ1) is 13.4. The molecule has 2 aromatic carbocycles. The Balaban J connectivity index is 1.71. The number of rotatable bonds is 6. The predicted molar refractivity (Wildman–Crippen MR) is 100 cm³/mol. The predicted octanol–water partition coefficient (Wildman–Crippen LogP) is 2.31. The van der Waals surface area contributed by atoms with Crippen LogP contribution in [0.1, 0.15) is 34.1 Å². The highest BCUT2D eigenvalue weighted by atomic mass is 16.5. The molecular formula is C20H18N2O6. The summed E-state index contributed by atoms with van der Waals surface area (Å²) in [4.78, 5) is 48.6. The number of ether oxygens (including phenoxy) is 1. The molecule has 144 valence electrons. The van der Waals surface area contributed by atoms with Crippen LogP contribution in [0.2, 0.25) is 0 Å². The van der Waals surface area contributed by atoms with E-state index in [1.54, 1.807) is 31.2 Å². The Morgan fingerprint density at radius 1 is 1.07 bits per heavy atom. The number of aromatic carboxylic acids is 1. The highest BCUT2D eigenvalue weighted by molar-refractivity contribution is 6.23. The van der Waals surface area contributed by atoms with E-state index >= 15 is 0 Å². The molecule has 0 aromatic heterocycles. The summed E-state index contributed by atoms with van der Waals surface area (Å²) in [5.41, 5.74) is 1.37. The van der Waals surface area contributed by atoms with Crippen LogP contribution in [0.5, 0.6) is 0 Å². The van der Waals surface area contributed by atoms with Gasteiger partial charge < -0.3 is 15.2 Å². The Kier molecular flexibility index (Phi) is 5.39. The van der Waals surface area contributed by atoms with Gasteiger partial charge in [0.15, 0.2) is 0 Å². The number of carbonyl (C=O) groups is 4. The standard InChI is InChI=1S/C20H18N2O6/c1-2-28-20(27)13-3-7-14(8-4-13)21-16-11-17(23)22(18(16)24)15-9-5-12(6-10-15)19(25)26/h3-10,16,21H,2,11H2,1H3,(H,25,26). The first-order valence-corrected chi connectivity index (χ1v) is 8.64. The summed E-state index contributed by atoms with van der Waals surface area (Å²) < 4.78 is 4.92. The topological polar surface area (TPSA) is 113 Å². The van der Waals surface area contributed by atoms with Crippen LogP contribution in [0.4, 0.5) is 11.4 Å². The van der Waals surface area contributed by atoms with Crippen LogP contribution >= 0.6 is 0 Å². The fourth-order valence-corrected chi connectivity index (χ4v) is 2.89. The van der Waals surface area contributed by atoms with Crippen molar-refractivity contribution < 1.29 is 29.0 Å². The van der Waals surface area contributed by atoms with Crippen LogP contribution in [-0.2, 0) is 14.3 Å². The molecule has 0 bridgehead atoms. The van der Waals surface area contributed by atoms with E-state index < -0.39 is 23.9 Å². The lowest BCUT2D eigenvalue weighted by Gasteiger charge is -2.16. The van der Waals surface area contributed by atoms with Gasteiger partial charge in [-0.1, -0.05) is 0 Å². The summed E-state index contributed by atoms with van der Waals surface area (Å²) in [5, 5.41) is 11.9. The molecule has 2 N–H and O–H groups in total. The van der Waals surface area contributed by atoms with Crippen molar-refractivity contribution >= 4 is 35.1 Å². The Hall–Kier alpha value is -3.68. The van der Waals surface area contributed by atoms with Crippen LogP contribution in [0.15, 0.2) is 48.5 Å². The van der Waals surface area contributed by atoms with E-state index in [1.165, 1.54) is 24.3 Å². The van der Waals surface area contributed by atoms with Crippen LogP contribution < -0.4 is 10.2 Å². The monoisotopic (exact) mass is 382 g/mol. The van der Waals surface area contributed by atoms with Gasteiger partial charge in [-0.15, -0.1) is 0 Å². The zero-order valence-electron chi connectivity index (χ0n) is 15.0. The van der Waals surface area contributed by atoms with Gasteiger partial charge in [0.1, 0.15) is 6.04 Å². The van der Waals surface area contributed by atoms with Crippen molar-refractivity contribution in [3.63, 3.8) is 0 Å². The van der Waals surface area contributed by atoms with E-state index in [2.05, 4.69) is 5.32 Å². The van der Waals surface area contributed by atoms with Crippen LogP contribution in [0.25, 0.3) is 0 Å². The first kappa shape index (κ1) is 19.1. The molecule has 1 saturated heterocycles. The molecule has 0 spiro atoms. The van der Waals surface area contributed by atoms with Gasteiger partial charge in [0.2, 0.25) is 5.91 Å². The van der Waals surface area contributed by atoms with E-state index in [0.717, 1.165) is 4.90 Å². The Labute approximate surface area is 160 Å². The largest absolute Gasteiger partial charge is 0.478 e. The second-order valence-electron chi connectivity index (χ2n) is 6.12. The second kappa shape index (κ2) is 7.91. The summed E-state index contributed by atoms with van der Waals surface area (Å²) in [6.45, 7) is 2.00. The normalized spacial score (nSPS) is 16.2. The lowest BCUT2D eigenvalue weighted by Crippen LogP contribution is -2.34. The fraction of sp³-hybridized carbons (Fsp3) is 0.200. The van der Waals surface area contributed by atoms with Gasteiger partial charge in [0, 0.05) is 5.69 Å². The quantitative estimate of drug-likeness (QED) is 0.582. The average molecular weight is 382 g/mol. The van der Waals surface area contributed by atoms with Crippen molar-refractivity contribution in [1.29, 1.82) is 0 Å². The maximum Gasteiger partial charge on any atom is 0.338 e. The van der Waals surface area contributed by atoms with Crippen molar-refractivity contribution in [3.05, 3.63) is 59.7 Å². The van der Waals surface area contributed by atoms with Crippen LogP contribution in [0, 0.1) is 0 Å². The summed E-state index contributed by atoms with van der Waals surface area (Å²) in [6.07, 6.45) is -0.0286. The molecule has 1 aliphatic heterocycles. The molecular weight excluding hydrogens is 364 g/mol. The minimum absolute atomic E-state index is 0.0286. The van der Waals surface area contributed by atoms with Crippen LogP contribution in [0.3, 0.4) is 0 Å². The number of esters is 1. The van der Waals surface area contributed by atoms with Gasteiger partial charge in [-0.25, -0.2) is 14.5 Å². The second-order valence-corrected chi connectivity index (χ2v) is 6.12. The number of imide groups is 1. The smallest absolute Gasteiger partial charge is 0.338 e. The minimum Gasteiger partial charge on any atom is -0.478 e. The Morgan fingerprint density at radius 3 is 2.25 bits per heavy atom. The fourth-order valence-electron chi connectivity index (χ4n) is 2.89. The third-order valence-electron chi connectivity index (χ3n) is 4.26. The number of carboxylic acid groups (broad SMARTS) is 1. The molecule has 2 aromatic rings. The van der Waals surface area contributed by atoms with Gasteiger partial charge in [0.05, 0.1) is 29.8 Å². The molecule has 1 unspecified atom stereocenters. The number of nitrogens with one attached hydrogen (secondary N) is 1. The minimum atomic E-state index is -1.09. The summed E-state index contributed by atoms with van der Waals surface area (Å²) in [7, 11) is 0. The molecule has 1 aliphatic rings. The highest BCUT2D eigenvalue weighted by Gasteiger charge is 2.39. The molecule has 0 aliphatic carbocycles. The number of carboxylic acids is 1. The molecule has 0 radical (unpaired) electrons. The molecule has 1 fully saturated rings. The van der Waals surface area contributed by atoms with Gasteiger partial charge in [0.25, 0.3) is 5.91 Å². The van der Waals surface area contributed by atoms with Crippen molar-refractivity contribution in [2.24, 2.45) is 0 Å². The van der Waals surface area contributed by atoms with Crippen molar-refractivity contribution in [1.82, 2.24) is 0 Å². The zero-order valence-corrected chi connectivity index (χ0v) is 15.0. The van der Waals surface area contributed by atoms with Crippen LogP contribution in [-0.4, -0.2) is 41.5 Å². The molecule has 1 heterocycles. The van der Waals surface area contributed by atoms with E-state index in [4.69, 9.17) is 9.84 Å². The van der Waals surface area contributed by atoms with Crippen molar-refractivity contribution in [2.45, 2.75) is 19.4 Å². The SMILES string of the molecule is CCOC(=O)c1ccc(NC2CC(=O)N(c3ccc(C(=O)O)cc3)C2=O)cc1. The summed E-state index contributed by atoms with van der Waals surface area (Å²) >= 11 is 0. The molecule has 3 rings (SSSR count). The number of hydrogen-bond donors (Lipinski definition) is 2. The summed E-state index contributed by atoms with van der Waals surface area (Å²) in [6, 6.07) is 11.2. The average Bonchev–Trinajstić information content (AvgIpc) is 2.96. The molecule has 8 heteroatoms. The van der Waals surface area contributed by atoms with Crippen molar-refractivity contribution in [3.8, 4) is 0 Å². The molecule has 28 heavy (non-hydrogen) atoms. The maximum absolute atomic E-state index is 12.7. The van der Waals surface area contributed by atoms with Gasteiger partial charge in [-0.2, -0.15) is 0 Å². The number of hydrogen-bond acceptors (Lipinski definition) is 6. The third-order valence-corrected chi connectivity index (χ3v) is 4.26. The molecule has 8 nitrogen and oxygen atoms in total. The number of amides is 2. The van der Waals surface area contributed by atoms with E-state index in [9.17, 15) is 19.2 Å². The third kappa shape index (κ3) is 3.85. The summed E-state index contributed by atoms with van der Waals surface area (Å²) in [5.74, 6) is -2.33. The lowest BCUT2D eigenvalue weighted by molar-refractivity contribution is -0.121. The lowest BCUT2D eigenvalue weighted by atomic mass is 10.2. The molecule has 2 amide bonds. The highest BCUT2D eigenvalue weighted by Crippen LogP contribution is 2.25. The maximum atomic E-state index is 12.7. The number of anilines is 2. The Bertz CT molecular complexity index is 921. The van der Waals surface area contributed by atoms with Crippen molar-refractivity contribution in [2.75, 3.05) is 16.8 Å². The number of benzene rings is 2. The number of nitrogens with zero attached hydrogens (tertiary/aromatic N) is 1. The van der Waals surface area contributed by atoms with E-state index in [0.29, 0.717) is 16.9 Å². The zero-order chi connectivity index (χ0) is 20.3. The first-order valence-electron chi connectivity index (χ1n) is 8.64. The Morgan fingerprint density at radius 2 is 1.68 bits per heavy atom. The van der Waals surface area contributed by atoms with Gasteiger partial charge >= 0.3 is 11.9 Å². The molecule has 0 saturated carbocycles. The molecule has 1 atom stereocenters.